The van der Waals surface area contributed by atoms with Crippen molar-refractivity contribution in [1.29, 1.82) is 0 Å². The largest absolute Gasteiger partial charge is 0.416 e. The highest BCUT2D eigenvalue weighted by Gasteiger charge is 2.44. The van der Waals surface area contributed by atoms with E-state index in [1.54, 1.807) is 41.3 Å². The van der Waals surface area contributed by atoms with Crippen LogP contribution in [-0.4, -0.2) is 73.2 Å². The number of fused-ring (bicyclic) bond motifs is 1. The number of sulfonamides is 1. The van der Waals surface area contributed by atoms with Gasteiger partial charge < -0.3 is 19.3 Å². The third kappa shape index (κ3) is 5.92. The Balaban J connectivity index is 1.27. The van der Waals surface area contributed by atoms with E-state index < -0.39 is 34.1 Å². The molecule has 7 rings (SSSR count). The van der Waals surface area contributed by atoms with Gasteiger partial charge in [0, 0.05) is 50.6 Å². The van der Waals surface area contributed by atoms with Crippen molar-refractivity contribution in [2.75, 3.05) is 53.1 Å². The Morgan fingerprint density at radius 1 is 0.911 bits per heavy atom. The standard InChI is InChI=1S/C31H33F3N6O4S/c32-25-23(18-20-2-1-11-35-26(20)27(25)40-14-9-31(33,34)10-15-40)29-37-36-28(44-29)22-4-3-21(38-45(42,43)17-16-41)19-24(22)39-12-7-30(5-6-30)8-13-39/h1-4,11,18-19,38,41H,5-10,12-17H2. The maximum atomic E-state index is 16.3. The smallest absolute Gasteiger partial charge is 0.251 e. The van der Waals surface area contributed by atoms with Crippen molar-refractivity contribution in [3.05, 3.63) is 48.4 Å². The molecule has 4 heterocycles. The summed E-state index contributed by atoms with van der Waals surface area (Å²) in [6, 6.07) is 10.0. The molecule has 4 aromatic rings. The van der Waals surface area contributed by atoms with E-state index in [4.69, 9.17) is 9.52 Å². The molecule has 1 aliphatic carbocycles. The number of aliphatic hydroxyl groups excluding tert-OH is 1. The summed E-state index contributed by atoms with van der Waals surface area (Å²) >= 11 is 0. The van der Waals surface area contributed by atoms with Crippen LogP contribution in [0.3, 0.4) is 0 Å². The van der Waals surface area contributed by atoms with Gasteiger partial charge in [0.25, 0.3) is 11.8 Å². The van der Waals surface area contributed by atoms with Crippen LogP contribution >= 0.6 is 0 Å². The fourth-order valence-corrected chi connectivity index (χ4v) is 7.24. The first-order valence-electron chi connectivity index (χ1n) is 15.1. The minimum atomic E-state index is -3.76. The van der Waals surface area contributed by atoms with Crippen LogP contribution in [0.4, 0.5) is 30.2 Å². The quantitative estimate of drug-likeness (QED) is 0.259. The van der Waals surface area contributed by atoms with Crippen LogP contribution in [0.15, 0.2) is 47.0 Å². The molecular formula is C31H33F3N6O4S. The van der Waals surface area contributed by atoms with Gasteiger partial charge in [-0.05, 0) is 61.4 Å². The highest BCUT2D eigenvalue weighted by atomic mass is 32.2. The van der Waals surface area contributed by atoms with Gasteiger partial charge in [0.1, 0.15) is 5.69 Å². The number of piperidine rings is 2. The summed E-state index contributed by atoms with van der Waals surface area (Å²) in [4.78, 5) is 8.12. The number of benzene rings is 2. The highest BCUT2D eigenvalue weighted by Crippen LogP contribution is 2.54. The summed E-state index contributed by atoms with van der Waals surface area (Å²) in [6.45, 7) is 0.982. The van der Waals surface area contributed by atoms with Crippen molar-refractivity contribution < 1.29 is 31.1 Å². The van der Waals surface area contributed by atoms with Crippen LogP contribution in [0.25, 0.3) is 33.8 Å². The average Bonchev–Trinajstić information content (AvgIpc) is 3.58. The Morgan fingerprint density at radius 3 is 2.29 bits per heavy atom. The lowest BCUT2D eigenvalue weighted by atomic mass is 9.93. The molecule has 14 heteroatoms. The topological polar surface area (TPSA) is 125 Å². The number of aromatic nitrogens is 3. The number of aliphatic hydroxyl groups is 1. The van der Waals surface area contributed by atoms with Crippen LogP contribution in [0.1, 0.15) is 38.5 Å². The molecule has 2 N–H and O–H groups in total. The minimum Gasteiger partial charge on any atom is -0.416 e. The zero-order chi connectivity index (χ0) is 31.4. The predicted molar refractivity (Wildman–Crippen MR) is 164 cm³/mol. The summed E-state index contributed by atoms with van der Waals surface area (Å²) < 4.78 is 77.6. The highest BCUT2D eigenvalue weighted by molar-refractivity contribution is 7.92. The van der Waals surface area contributed by atoms with Crippen molar-refractivity contribution in [3.63, 3.8) is 0 Å². The summed E-state index contributed by atoms with van der Waals surface area (Å²) in [5.41, 5.74) is 2.52. The summed E-state index contributed by atoms with van der Waals surface area (Å²) in [7, 11) is -3.76. The molecule has 1 spiro atoms. The van der Waals surface area contributed by atoms with Crippen LogP contribution in [0.2, 0.25) is 0 Å². The Kier molecular flexibility index (Phi) is 7.39. The van der Waals surface area contributed by atoms with Gasteiger partial charge in [-0.25, -0.2) is 21.6 Å². The molecule has 3 aliphatic rings. The van der Waals surface area contributed by atoms with E-state index in [9.17, 15) is 17.2 Å². The van der Waals surface area contributed by atoms with Crippen molar-refractivity contribution in [2.24, 2.45) is 5.41 Å². The van der Waals surface area contributed by atoms with Crippen LogP contribution in [-0.2, 0) is 10.0 Å². The minimum absolute atomic E-state index is 0.0248. The van der Waals surface area contributed by atoms with Gasteiger partial charge >= 0.3 is 0 Å². The maximum absolute atomic E-state index is 16.3. The Labute approximate surface area is 258 Å². The lowest BCUT2D eigenvalue weighted by molar-refractivity contribution is -0.0221. The number of hydrogen-bond donors (Lipinski definition) is 2. The molecule has 2 aromatic carbocycles. The number of hydrogen-bond acceptors (Lipinski definition) is 9. The van der Waals surface area contributed by atoms with Gasteiger partial charge in [-0.15, -0.1) is 10.2 Å². The first kappa shape index (κ1) is 29.8. The molecule has 2 saturated heterocycles. The molecule has 0 unspecified atom stereocenters. The number of nitrogens with zero attached hydrogens (tertiary/aromatic N) is 5. The van der Waals surface area contributed by atoms with Gasteiger partial charge in [-0.1, -0.05) is 6.07 Å². The lowest BCUT2D eigenvalue weighted by Crippen LogP contribution is -2.40. The summed E-state index contributed by atoms with van der Waals surface area (Å²) in [5, 5.41) is 18.2. The Morgan fingerprint density at radius 2 is 1.60 bits per heavy atom. The first-order chi connectivity index (χ1) is 21.6. The third-order valence-corrected chi connectivity index (χ3v) is 10.5. The Hall–Kier alpha value is -3.91. The number of rotatable bonds is 8. The van der Waals surface area contributed by atoms with E-state index in [1.165, 1.54) is 19.0 Å². The number of pyridine rings is 1. The molecular weight excluding hydrogens is 609 g/mol. The van der Waals surface area contributed by atoms with Crippen molar-refractivity contribution >= 4 is 38.0 Å². The molecule has 0 bridgehead atoms. The van der Waals surface area contributed by atoms with E-state index in [0.29, 0.717) is 33.3 Å². The lowest BCUT2D eigenvalue weighted by Gasteiger charge is -2.35. The van der Waals surface area contributed by atoms with Crippen LogP contribution in [0.5, 0.6) is 0 Å². The number of alkyl halides is 2. The normalized spacial score (nSPS) is 19.3. The number of halogens is 3. The molecule has 0 atom stereocenters. The fraction of sp³-hybridized carbons (Fsp3) is 0.452. The summed E-state index contributed by atoms with van der Waals surface area (Å²) in [6.07, 6.45) is 5.24. The monoisotopic (exact) mass is 642 g/mol. The summed E-state index contributed by atoms with van der Waals surface area (Å²) in [5.74, 6) is -3.86. The zero-order valence-electron chi connectivity index (χ0n) is 24.5. The third-order valence-electron chi connectivity index (χ3n) is 9.26. The second-order valence-electron chi connectivity index (χ2n) is 12.3. The maximum Gasteiger partial charge on any atom is 0.251 e. The van der Waals surface area contributed by atoms with Crippen LogP contribution < -0.4 is 14.5 Å². The van der Waals surface area contributed by atoms with Gasteiger partial charge in [0.15, 0.2) is 5.82 Å². The van der Waals surface area contributed by atoms with Crippen molar-refractivity contribution in [1.82, 2.24) is 15.2 Å². The first-order valence-corrected chi connectivity index (χ1v) is 16.8. The van der Waals surface area contributed by atoms with Gasteiger partial charge in [-0.2, -0.15) is 0 Å². The SMILES string of the molecule is O=S(=O)(CCO)Nc1ccc(-c2nnc(-c3cc4cccnc4c(N4CCC(F)(F)CC4)c3F)o2)c(N2CCC3(CC2)CC3)c1. The molecule has 2 aromatic heterocycles. The van der Waals surface area contributed by atoms with Crippen LogP contribution in [0, 0.1) is 11.2 Å². The molecule has 10 nitrogen and oxygen atoms in total. The number of anilines is 3. The molecule has 3 fully saturated rings. The Bertz CT molecular complexity index is 1840. The predicted octanol–water partition coefficient (Wildman–Crippen LogP) is 5.44. The van der Waals surface area contributed by atoms with E-state index in [1.807, 2.05) is 0 Å². The van der Waals surface area contributed by atoms with E-state index in [2.05, 4.69) is 24.8 Å². The van der Waals surface area contributed by atoms with Gasteiger partial charge in [-0.3, -0.25) is 9.71 Å². The van der Waals surface area contributed by atoms with E-state index in [0.717, 1.165) is 25.9 Å². The second kappa shape index (κ2) is 11.2. The second-order valence-corrected chi connectivity index (χ2v) is 14.1. The number of nitrogens with one attached hydrogen (secondary N) is 1. The van der Waals surface area contributed by atoms with E-state index in [-0.39, 0.29) is 49.0 Å². The molecule has 0 amide bonds. The zero-order valence-corrected chi connectivity index (χ0v) is 25.3. The fourth-order valence-electron chi connectivity index (χ4n) is 6.41. The van der Waals surface area contributed by atoms with Gasteiger partial charge in [0.05, 0.1) is 40.4 Å². The van der Waals surface area contributed by atoms with Crippen molar-refractivity contribution in [2.45, 2.75) is 44.4 Å². The van der Waals surface area contributed by atoms with Crippen molar-refractivity contribution in [3.8, 4) is 22.9 Å². The van der Waals surface area contributed by atoms with E-state index >= 15 is 4.39 Å². The van der Waals surface area contributed by atoms with Gasteiger partial charge in [0.2, 0.25) is 15.9 Å². The molecule has 1 saturated carbocycles. The molecule has 0 radical (unpaired) electrons. The molecule has 2 aliphatic heterocycles. The molecule has 45 heavy (non-hydrogen) atoms. The molecule has 238 valence electrons. The average molecular weight is 643 g/mol.